The van der Waals surface area contributed by atoms with Crippen LogP contribution in [0.1, 0.15) is 98.6 Å². The minimum absolute atomic E-state index is 0.00189. The number of nitrogens with one attached hydrogen (secondary N) is 3. The van der Waals surface area contributed by atoms with Crippen LogP contribution >= 0.6 is 0 Å². The van der Waals surface area contributed by atoms with Crippen molar-refractivity contribution in [2.75, 3.05) is 39.1 Å². The van der Waals surface area contributed by atoms with Crippen molar-refractivity contribution in [3.8, 4) is 5.75 Å². The smallest absolute Gasteiger partial charge is 0.254 e. The molecule has 1 atom stereocenters. The molecule has 0 fully saturated rings. The quantitative estimate of drug-likeness (QED) is 0.264. The first-order valence-corrected chi connectivity index (χ1v) is 18.9. The molecule has 3 aromatic carbocycles. The summed E-state index contributed by atoms with van der Waals surface area (Å²) in [5.41, 5.74) is 1.59. The normalized spacial score (nSPS) is 19.0. The lowest BCUT2D eigenvalue weighted by atomic mass is 9.83. The Kier molecular flexibility index (Phi) is 14.6. The van der Waals surface area contributed by atoms with E-state index in [0.29, 0.717) is 67.8 Å². The summed E-state index contributed by atoms with van der Waals surface area (Å²) < 4.78 is 20.8. The van der Waals surface area contributed by atoms with E-state index in [0.717, 1.165) is 11.6 Å². The molecule has 4 aliphatic rings. The van der Waals surface area contributed by atoms with E-state index in [1.807, 2.05) is 32.9 Å². The van der Waals surface area contributed by atoms with E-state index in [1.54, 1.807) is 60.3 Å². The van der Waals surface area contributed by atoms with Crippen LogP contribution in [-0.2, 0) is 27.3 Å². The lowest BCUT2D eigenvalue weighted by Crippen LogP contribution is -2.46. The van der Waals surface area contributed by atoms with Crippen molar-refractivity contribution in [2.24, 2.45) is 10.8 Å². The van der Waals surface area contributed by atoms with Crippen molar-refractivity contribution in [3.63, 3.8) is 0 Å². The third-order valence-corrected chi connectivity index (χ3v) is 9.82. The minimum atomic E-state index is -0.966. The van der Waals surface area contributed by atoms with E-state index in [-0.39, 0.29) is 53.7 Å². The minimum Gasteiger partial charge on any atom is -0.492 e. The Balaban J connectivity index is 1.52. The predicted molar refractivity (Wildman–Crippen MR) is 211 cm³/mol. The van der Waals surface area contributed by atoms with Crippen molar-refractivity contribution in [2.45, 2.75) is 85.7 Å². The summed E-state index contributed by atoms with van der Waals surface area (Å²) >= 11 is 0. The number of rotatable bonds is 1. The summed E-state index contributed by atoms with van der Waals surface area (Å²) in [6.45, 7) is 11.2. The average molecular weight is 758 g/mol. The van der Waals surface area contributed by atoms with Gasteiger partial charge in [0.15, 0.2) is 0 Å². The third kappa shape index (κ3) is 13.5. The highest BCUT2D eigenvalue weighted by molar-refractivity contribution is 6.01. The van der Waals surface area contributed by atoms with Crippen LogP contribution in [0.5, 0.6) is 5.75 Å². The zero-order chi connectivity index (χ0) is 40.3. The van der Waals surface area contributed by atoms with Crippen LogP contribution in [0.2, 0.25) is 0 Å². The molecule has 0 saturated carbocycles. The zero-order valence-corrected chi connectivity index (χ0v) is 33.2. The molecule has 12 heteroatoms. The van der Waals surface area contributed by atoms with Gasteiger partial charge in [-0.2, -0.15) is 0 Å². The largest absolute Gasteiger partial charge is 0.492 e. The molecule has 296 valence electrons. The fourth-order valence-electron chi connectivity index (χ4n) is 6.13. The van der Waals surface area contributed by atoms with Gasteiger partial charge in [0.1, 0.15) is 24.2 Å². The number of amides is 5. The Bertz CT molecular complexity index is 1820. The van der Waals surface area contributed by atoms with Crippen LogP contribution in [0.3, 0.4) is 0 Å². The fraction of sp³-hybridized carbons (Fsp3) is 0.465. The monoisotopic (exact) mass is 757 g/mol. The molecule has 0 aromatic heterocycles. The zero-order valence-electron chi connectivity index (χ0n) is 33.2. The molecule has 7 rings (SSSR count). The van der Waals surface area contributed by atoms with Crippen LogP contribution in [0.25, 0.3) is 0 Å². The molecular weight excluding hydrogens is 702 g/mol. The van der Waals surface area contributed by atoms with Crippen molar-refractivity contribution >= 4 is 35.2 Å². The number of carbonyl (C=O) groups excluding carboxylic acids is 5. The van der Waals surface area contributed by atoms with Crippen LogP contribution in [0.4, 0.5) is 10.1 Å². The Morgan fingerprint density at radius 2 is 1.38 bits per heavy atom. The van der Waals surface area contributed by atoms with E-state index in [1.165, 1.54) is 12.1 Å². The number of carbonyl (C=O) groups is 5. The number of benzene rings is 3. The number of hydrogen-bond donors (Lipinski definition) is 3. The summed E-state index contributed by atoms with van der Waals surface area (Å²) in [6, 6.07) is 16.9. The van der Waals surface area contributed by atoms with Gasteiger partial charge in [-0.15, -0.1) is 0 Å². The van der Waals surface area contributed by atoms with Gasteiger partial charge in [-0.1, -0.05) is 52.8 Å². The van der Waals surface area contributed by atoms with Crippen LogP contribution < -0.4 is 20.7 Å². The molecule has 0 unspecified atom stereocenters. The molecule has 4 aliphatic heterocycles. The fourth-order valence-corrected chi connectivity index (χ4v) is 6.13. The summed E-state index contributed by atoms with van der Waals surface area (Å²) in [5.74, 6) is -1.75. The molecule has 11 nitrogen and oxygen atoms in total. The molecule has 0 spiro atoms. The molecule has 3 aromatic rings. The maximum atomic E-state index is 15.0. The summed E-state index contributed by atoms with van der Waals surface area (Å²) in [5, 5.41) is 8.41. The van der Waals surface area contributed by atoms with E-state index in [9.17, 15) is 24.0 Å². The SMILES string of the molecule is CN1CCOc2ccc(cc2)C(=O)NCc2ccc(F)c(c2)C(=O)N[C@@H](CC(C)(C)C)C(=O)Nc2ccc(cc2)CCN(C)C(=O)CCC(C)(C)CCC1=O. The first-order chi connectivity index (χ1) is 25.9. The van der Waals surface area contributed by atoms with Crippen LogP contribution in [0.15, 0.2) is 66.7 Å². The lowest BCUT2D eigenvalue weighted by molar-refractivity contribution is -0.131. The number of hydrogen-bond acceptors (Lipinski definition) is 6. The molecule has 5 amide bonds. The van der Waals surface area contributed by atoms with E-state index in [2.05, 4.69) is 29.8 Å². The molecular formula is C43H56FN5O6. The molecule has 6 bridgehead atoms. The molecule has 0 radical (unpaired) electrons. The number of likely N-dealkylation sites (N-methyl/N-ethyl adjacent to an activating group) is 2. The Hall–Kier alpha value is -5.26. The summed E-state index contributed by atoms with van der Waals surface area (Å²) in [4.78, 5) is 69.2. The van der Waals surface area contributed by atoms with Crippen molar-refractivity contribution < 1.29 is 33.1 Å². The van der Waals surface area contributed by atoms with E-state index in [4.69, 9.17) is 4.74 Å². The Morgan fingerprint density at radius 1 is 0.782 bits per heavy atom. The van der Waals surface area contributed by atoms with Gasteiger partial charge in [0.2, 0.25) is 17.7 Å². The highest BCUT2D eigenvalue weighted by Crippen LogP contribution is 2.29. The van der Waals surface area contributed by atoms with Gasteiger partial charge < -0.3 is 30.5 Å². The molecule has 0 aliphatic carbocycles. The molecule has 3 N–H and O–H groups in total. The van der Waals surface area contributed by atoms with Gasteiger partial charge in [0.05, 0.1) is 12.1 Å². The average Bonchev–Trinajstić information content (AvgIpc) is 3.14. The summed E-state index contributed by atoms with van der Waals surface area (Å²) in [6.07, 6.45) is 2.93. The number of anilines is 1. The van der Waals surface area contributed by atoms with Crippen molar-refractivity contribution in [3.05, 3.63) is 94.8 Å². The third-order valence-electron chi connectivity index (χ3n) is 9.82. The van der Waals surface area contributed by atoms with Gasteiger partial charge in [0, 0.05) is 51.3 Å². The van der Waals surface area contributed by atoms with E-state index < -0.39 is 23.7 Å². The second kappa shape index (κ2) is 18.9. The van der Waals surface area contributed by atoms with Crippen molar-refractivity contribution in [1.82, 2.24) is 20.4 Å². The van der Waals surface area contributed by atoms with Gasteiger partial charge in [0.25, 0.3) is 11.8 Å². The van der Waals surface area contributed by atoms with Crippen molar-refractivity contribution in [1.29, 1.82) is 0 Å². The number of halogens is 1. The Labute approximate surface area is 324 Å². The maximum Gasteiger partial charge on any atom is 0.254 e. The standard InChI is InChI=1S/C43H56FN5O6/c1-42(2,3)27-36-41(54)46-32-13-8-29(9-14-32)20-23-48(6)37(50)18-21-43(4,5)22-19-38(51)49(7)24-25-55-33-15-11-31(12-16-33)39(52)45-28-30-10-17-35(44)34(26-30)40(53)47-36/h8-17,26,36H,18-25,27-28H2,1-7H3,(H,45,52)(H,46,54)(H,47,53)/t36-/m0/s1. The van der Waals surface area contributed by atoms with Gasteiger partial charge in [-0.25, -0.2) is 4.39 Å². The second-order valence-corrected chi connectivity index (χ2v) is 16.4. The molecule has 4 heterocycles. The highest BCUT2D eigenvalue weighted by atomic mass is 19.1. The maximum absolute atomic E-state index is 15.0. The Morgan fingerprint density at radius 3 is 2.00 bits per heavy atom. The predicted octanol–water partition coefficient (Wildman–Crippen LogP) is 6.37. The van der Waals surface area contributed by atoms with Crippen LogP contribution in [0, 0.1) is 16.6 Å². The molecule has 55 heavy (non-hydrogen) atoms. The number of ether oxygens (including phenoxy) is 1. The topological polar surface area (TPSA) is 137 Å². The highest BCUT2D eigenvalue weighted by Gasteiger charge is 2.28. The lowest BCUT2D eigenvalue weighted by Gasteiger charge is -2.27. The van der Waals surface area contributed by atoms with Gasteiger partial charge in [-0.05, 0) is 96.2 Å². The van der Waals surface area contributed by atoms with Gasteiger partial charge >= 0.3 is 0 Å². The molecule has 0 saturated heterocycles. The first-order valence-electron chi connectivity index (χ1n) is 18.9. The summed E-state index contributed by atoms with van der Waals surface area (Å²) in [7, 11) is 3.52. The van der Waals surface area contributed by atoms with E-state index >= 15 is 4.39 Å². The van der Waals surface area contributed by atoms with Gasteiger partial charge in [-0.3, -0.25) is 24.0 Å². The first kappa shape index (κ1) is 42.5. The number of nitrogens with zero attached hydrogens (tertiary/aromatic N) is 2. The van der Waals surface area contributed by atoms with Crippen LogP contribution in [-0.4, -0.2) is 79.2 Å². The second-order valence-electron chi connectivity index (χ2n) is 16.4.